The standard InChI is InChI=1S/C9H15N5O3/c1-9(2,3-4-15)13-8-6(14(16)17)7(10)11-5-12-8/h5,15H,3-4H2,1-2H3,(H3,10,11,12,13). The Balaban J connectivity index is 3.06. The number of aromatic nitrogens is 2. The number of nitrogens with zero attached hydrogens (tertiary/aromatic N) is 3. The average molecular weight is 241 g/mol. The Morgan fingerprint density at radius 2 is 2.24 bits per heavy atom. The Morgan fingerprint density at radius 1 is 1.59 bits per heavy atom. The van der Waals surface area contributed by atoms with Gasteiger partial charge in [-0.15, -0.1) is 0 Å². The highest BCUT2D eigenvalue weighted by atomic mass is 16.6. The van der Waals surface area contributed by atoms with Gasteiger partial charge in [0.1, 0.15) is 6.33 Å². The molecular formula is C9H15N5O3. The zero-order chi connectivity index (χ0) is 13.1. The fourth-order valence-electron chi connectivity index (χ4n) is 1.33. The minimum Gasteiger partial charge on any atom is -0.396 e. The maximum absolute atomic E-state index is 10.8. The summed E-state index contributed by atoms with van der Waals surface area (Å²) >= 11 is 0. The number of aliphatic hydroxyl groups is 1. The van der Waals surface area contributed by atoms with Crippen molar-refractivity contribution in [1.82, 2.24) is 9.97 Å². The van der Waals surface area contributed by atoms with Crippen LogP contribution in [-0.2, 0) is 0 Å². The molecule has 0 bridgehead atoms. The number of nitrogens with two attached hydrogens (primary N) is 1. The van der Waals surface area contributed by atoms with Crippen molar-refractivity contribution < 1.29 is 10.0 Å². The Bertz CT molecular complexity index is 421. The zero-order valence-electron chi connectivity index (χ0n) is 9.67. The first-order valence-corrected chi connectivity index (χ1v) is 5.01. The highest BCUT2D eigenvalue weighted by molar-refractivity contribution is 5.67. The molecule has 0 aliphatic heterocycles. The quantitative estimate of drug-likeness (QED) is 0.507. The normalized spacial score (nSPS) is 11.2. The lowest BCUT2D eigenvalue weighted by Gasteiger charge is -2.25. The molecular weight excluding hydrogens is 226 g/mol. The van der Waals surface area contributed by atoms with E-state index in [-0.39, 0.29) is 23.9 Å². The van der Waals surface area contributed by atoms with Gasteiger partial charge < -0.3 is 16.2 Å². The smallest absolute Gasteiger partial charge is 0.353 e. The second kappa shape index (κ2) is 4.91. The van der Waals surface area contributed by atoms with E-state index in [0.717, 1.165) is 6.33 Å². The van der Waals surface area contributed by atoms with E-state index in [0.29, 0.717) is 6.42 Å². The number of nitrogen functional groups attached to an aromatic ring is 1. The van der Waals surface area contributed by atoms with Gasteiger partial charge in [-0.3, -0.25) is 10.1 Å². The maximum atomic E-state index is 10.8. The monoisotopic (exact) mass is 241 g/mol. The molecule has 8 nitrogen and oxygen atoms in total. The molecule has 0 spiro atoms. The number of rotatable bonds is 5. The van der Waals surface area contributed by atoms with Crippen molar-refractivity contribution in [2.24, 2.45) is 0 Å². The Kier molecular flexibility index (Phi) is 3.79. The third-order valence-corrected chi connectivity index (χ3v) is 2.23. The van der Waals surface area contributed by atoms with Crippen LogP contribution in [0.2, 0.25) is 0 Å². The lowest BCUT2D eigenvalue weighted by molar-refractivity contribution is -0.383. The molecule has 8 heteroatoms. The Hall–Kier alpha value is -1.96. The average Bonchev–Trinajstić information content (AvgIpc) is 2.15. The van der Waals surface area contributed by atoms with Gasteiger partial charge in [0.25, 0.3) is 0 Å². The molecule has 17 heavy (non-hydrogen) atoms. The molecule has 4 N–H and O–H groups in total. The minimum absolute atomic E-state index is 0.0334. The summed E-state index contributed by atoms with van der Waals surface area (Å²) in [4.78, 5) is 17.6. The molecule has 1 aromatic rings. The van der Waals surface area contributed by atoms with Gasteiger partial charge >= 0.3 is 5.69 Å². The number of anilines is 2. The maximum Gasteiger partial charge on any atom is 0.353 e. The van der Waals surface area contributed by atoms with Crippen LogP contribution >= 0.6 is 0 Å². The second-order valence-electron chi connectivity index (χ2n) is 4.20. The molecule has 94 valence electrons. The number of aliphatic hydroxyl groups excluding tert-OH is 1. The van der Waals surface area contributed by atoms with E-state index in [4.69, 9.17) is 10.8 Å². The van der Waals surface area contributed by atoms with Gasteiger partial charge in [0.05, 0.1) is 4.92 Å². The summed E-state index contributed by atoms with van der Waals surface area (Å²) in [5.41, 5.74) is 4.56. The van der Waals surface area contributed by atoms with E-state index in [1.807, 2.05) is 0 Å². The SMILES string of the molecule is CC(C)(CCO)Nc1ncnc(N)c1[N+](=O)[O-]. The van der Waals surface area contributed by atoms with Gasteiger partial charge in [-0.25, -0.2) is 9.97 Å². The van der Waals surface area contributed by atoms with Crippen LogP contribution in [0.5, 0.6) is 0 Å². The van der Waals surface area contributed by atoms with Crippen molar-refractivity contribution >= 4 is 17.3 Å². The van der Waals surface area contributed by atoms with E-state index >= 15 is 0 Å². The molecule has 0 aliphatic rings. The van der Waals surface area contributed by atoms with Crippen LogP contribution in [0, 0.1) is 10.1 Å². The van der Waals surface area contributed by atoms with E-state index in [1.165, 1.54) is 0 Å². The number of hydrogen-bond donors (Lipinski definition) is 3. The predicted octanol–water partition coefficient (Wildman–Crippen LogP) is 0.540. The summed E-state index contributed by atoms with van der Waals surface area (Å²) in [5.74, 6) is -0.131. The van der Waals surface area contributed by atoms with Crippen LogP contribution in [-0.4, -0.2) is 32.1 Å². The van der Waals surface area contributed by atoms with Crippen molar-refractivity contribution in [2.45, 2.75) is 25.8 Å². The van der Waals surface area contributed by atoms with Crippen molar-refractivity contribution in [3.05, 3.63) is 16.4 Å². The molecule has 0 saturated carbocycles. The van der Waals surface area contributed by atoms with Crippen LogP contribution < -0.4 is 11.1 Å². The van der Waals surface area contributed by atoms with Gasteiger partial charge in [0.2, 0.25) is 11.6 Å². The lowest BCUT2D eigenvalue weighted by atomic mass is 10.0. The highest BCUT2D eigenvalue weighted by Crippen LogP contribution is 2.29. The predicted molar refractivity (Wildman–Crippen MR) is 62.5 cm³/mol. The van der Waals surface area contributed by atoms with E-state index in [1.54, 1.807) is 13.8 Å². The number of nitrogens with one attached hydrogen (secondary N) is 1. The molecule has 1 heterocycles. The van der Waals surface area contributed by atoms with Crippen molar-refractivity contribution in [2.75, 3.05) is 17.7 Å². The van der Waals surface area contributed by atoms with Gasteiger partial charge in [-0.05, 0) is 20.3 Å². The summed E-state index contributed by atoms with van der Waals surface area (Å²) in [6.45, 7) is 3.56. The van der Waals surface area contributed by atoms with E-state index in [9.17, 15) is 10.1 Å². The summed E-state index contributed by atoms with van der Waals surface area (Å²) in [6, 6.07) is 0. The molecule has 0 unspecified atom stereocenters. The van der Waals surface area contributed by atoms with Crippen molar-refractivity contribution in [1.29, 1.82) is 0 Å². The van der Waals surface area contributed by atoms with Crippen LogP contribution in [0.4, 0.5) is 17.3 Å². The zero-order valence-corrected chi connectivity index (χ0v) is 9.67. The topological polar surface area (TPSA) is 127 Å². The van der Waals surface area contributed by atoms with Crippen LogP contribution in [0.1, 0.15) is 20.3 Å². The second-order valence-corrected chi connectivity index (χ2v) is 4.20. The molecule has 0 atom stereocenters. The third kappa shape index (κ3) is 3.25. The Morgan fingerprint density at radius 3 is 2.76 bits per heavy atom. The van der Waals surface area contributed by atoms with Crippen LogP contribution in [0.25, 0.3) is 0 Å². The van der Waals surface area contributed by atoms with Crippen LogP contribution in [0.3, 0.4) is 0 Å². The third-order valence-electron chi connectivity index (χ3n) is 2.23. The van der Waals surface area contributed by atoms with E-state index < -0.39 is 10.5 Å². The van der Waals surface area contributed by atoms with Crippen molar-refractivity contribution in [3.8, 4) is 0 Å². The minimum atomic E-state index is -0.632. The van der Waals surface area contributed by atoms with E-state index in [2.05, 4.69) is 15.3 Å². The number of hydrogen-bond acceptors (Lipinski definition) is 7. The molecule has 0 radical (unpaired) electrons. The summed E-state index contributed by atoms with van der Waals surface area (Å²) in [5, 5.41) is 22.6. The molecule has 0 amide bonds. The van der Waals surface area contributed by atoms with Gasteiger partial charge in [0.15, 0.2) is 0 Å². The van der Waals surface area contributed by atoms with Gasteiger partial charge in [-0.1, -0.05) is 0 Å². The molecule has 1 rings (SSSR count). The molecule has 0 aliphatic carbocycles. The van der Waals surface area contributed by atoms with Gasteiger partial charge in [0, 0.05) is 12.1 Å². The molecule has 0 aromatic carbocycles. The summed E-state index contributed by atoms with van der Waals surface area (Å²) in [6.07, 6.45) is 1.58. The first kappa shape index (κ1) is 13.1. The Labute approximate surface area is 98.0 Å². The fraction of sp³-hybridized carbons (Fsp3) is 0.556. The summed E-state index contributed by atoms with van der Waals surface area (Å²) < 4.78 is 0. The first-order chi connectivity index (χ1) is 7.87. The summed E-state index contributed by atoms with van der Waals surface area (Å²) in [7, 11) is 0. The van der Waals surface area contributed by atoms with Gasteiger partial charge in [-0.2, -0.15) is 0 Å². The number of nitro groups is 1. The molecule has 1 aromatic heterocycles. The van der Waals surface area contributed by atoms with Crippen LogP contribution in [0.15, 0.2) is 6.33 Å². The highest BCUT2D eigenvalue weighted by Gasteiger charge is 2.26. The first-order valence-electron chi connectivity index (χ1n) is 5.01. The lowest BCUT2D eigenvalue weighted by Crippen LogP contribution is -2.32. The molecule has 0 fully saturated rings. The largest absolute Gasteiger partial charge is 0.396 e. The fourth-order valence-corrected chi connectivity index (χ4v) is 1.33. The van der Waals surface area contributed by atoms with Crippen molar-refractivity contribution in [3.63, 3.8) is 0 Å². The molecule has 0 saturated heterocycles.